The smallest absolute Gasteiger partial charge is 0.354 e. The number of aryl methyl sites for hydroxylation is 2. The lowest BCUT2D eigenvalue weighted by molar-refractivity contribution is -0.140. The molecule has 49 heavy (non-hydrogen) atoms. The normalized spacial score (nSPS) is 12.4. The van der Waals surface area contributed by atoms with Crippen LogP contribution in [0.2, 0.25) is 5.02 Å². The third-order valence-electron chi connectivity index (χ3n) is 7.99. The molecule has 1 N–H and O–H groups in total. The van der Waals surface area contributed by atoms with E-state index in [1.807, 2.05) is 51.1 Å². The van der Waals surface area contributed by atoms with E-state index in [2.05, 4.69) is 5.32 Å². The molecule has 1 atom stereocenters. The van der Waals surface area contributed by atoms with Gasteiger partial charge in [-0.1, -0.05) is 97.7 Å². The molecule has 7 nitrogen and oxygen atoms in total. The van der Waals surface area contributed by atoms with Gasteiger partial charge in [0.25, 0.3) is 10.0 Å². The molecular formula is C37H39ClF3N3O4S. The number of rotatable bonds is 13. The number of sulfonamides is 1. The Balaban J connectivity index is 1.87. The highest BCUT2D eigenvalue weighted by atomic mass is 35.5. The van der Waals surface area contributed by atoms with Crippen LogP contribution in [0.5, 0.6) is 0 Å². The van der Waals surface area contributed by atoms with Gasteiger partial charge in [0.05, 0.1) is 21.2 Å². The number of carbonyl (C=O) groups is 2. The zero-order chi connectivity index (χ0) is 35.9. The summed E-state index contributed by atoms with van der Waals surface area (Å²) in [7, 11) is -4.61. The number of nitrogens with zero attached hydrogens (tertiary/aromatic N) is 2. The lowest BCUT2D eigenvalue weighted by atomic mass is 10.0. The summed E-state index contributed by atoms with van der Waals surface area (Å²) in [6, 6.07) is 23.7. The van der Waals surface area contributed by atoms with Gasteiger partial charge in [-0.25, -0.2) is 8.42 Å². The molecule has 4 aromatic rings. The molecule has 0 radical (unpaired) electrons. The Morgan fingerprint density at radius 2 is 1.51 bits per heavy atom. The Hall–Kier alpha value is -4.35. The van der Waals surface area contributed by atoms with Gasteiger partial charge in [-0.2, -0.15) is 13.2 Å². The van der Waals surface area contributed by atoms with Crippen LogP contribution >= 0.6 is 11.6 Å². The minimum Gasteiger partial charge on any atom is -0.354 e. The van der Waals surface area contributed by atoms with Gasteiger partial charge in [0.15, 0.2) is 0 Å². The van der Waals surface area contributed by atoms with Gasteiger partial charge in [-0.15, -0.1) is 0 Å². The van der Waals surface area contributed by atoms with Crippen molar-refractivity contribution in [1.29, 1.82) is 0 Å². The molecule has 4 aromatic carbocycles. The lowest BCUT2D eigenvalue weighted by Crippen LogP contribution is -2.53. The first-order chi connectivity index (χ1) is 23.1. The summed E-state index contributed by atoms with van der Waals surface area (Å²) in [6.45, 7) is 6.83. The predicted octanol–water partition coefficient (Wildman–Crippen LogP) is 7.58. The standard InChI is InChI=1S/C37H39ClF3N3O4S/c1-25(2)22-42-36(46)34(20-28-11-6-5-7-12-28)43(23-29-13-9-8-10-27(29)4)35(45)24-44(49(47,48)31-17-14-26(3)15-18-31)30-16-19-33(38)32(21-30)37(39,40)41/h5-19,21,25,34H,20,22-24H2,1-4H3,(H,42,46)/t34-/m0/s1. The summed E-state index contributed by atoms with van der Waals surface area (Å²) in [5.41, 5.74) is 1.39. The maximum absolute atomic E-state index is 14.6. The quantitative estimate of drug-likeness (QED) is 0.155. The summed E-state index contributed by atoms with van der Waals surface area (Å²) < 4.78 is 71.0. The largest absolute Gasteiger partial charge is 0.417 e. The number of hydrogen-bond acceptors (Lipinski definition) is 4. The number of benzene rings is 4. The predicted molar refractivity (Wildman–Crippen MR) is 186 cm³/mol. The lowest BCUT2D eigenvalue weighted by Gasteiger charge is -2.34. The van der Waals surface area contributed by atoms with E-state index < -0.39 is 56.9 Å². The monoisotopic (exact) mass is 713 g/mol. The molecule has 0 aliphatic rings. The van der Waals surface area contributed by atoms with Crippen molar-refractivity contribution >= 4 is 39.1 Å². The Kier molecular flexibility index (Phi) is 12.2. The first kappa shape index (κ1) is 37.5. The number of anilines is 1. The van der Waals surface area contributed by atoms with Crippen molar-refractivity contribution in [1.82, 2.24) is 10.2 Å². The highest BCUT2D eigenvalue weighted by Crippen LogP contribution is 2.38. The van der Waals surface area contributed by atoms with E-state index in [4.69, 9.17) is 11.6 Å². The van der Waals surface area contributed by atoms with Crippen molar-refractivity contribution in [2.24, 2.45) is 5.92 Å². The third kappa shape index (κ3) is 9.64. The minimum absolute atomic E-state index is 0.0645. The molecule has 0 aliphatic carbocycles. The summed E-state index contributed by atoms with van der Waals surface area (Å²) in [4.78, 5) is 29.6. The van der Waals surface area contributed by atoms with E-state index >= 15 is 0 Å². The first-order valence-electron chi connectivity index (χ1n) is 15.7. The summed E-state index contributed by atoms with van der Waals surface area (Å²) in [5, 5.41) is 2.29. The van der Waals surface area contributed by atoms with E-state index in [1.54, 1.807) is 43.3 Å². The van der Waals surface area contributed by atoms with Crippen LogP contribution < -0.4 is 9.62 Å². The van der Waals surface area contributed by atoms with E-state index in [-0.39, 0.29) is 23.8 Å². The second-order valence-electron chi connectivity index (χ2n) is 12.3. The fraction of sp³-hybridized carbons (Fsp3) is 0.297. The molecule has 0 spiro atoms. The topological polar surface area (TPSA) is 86.8 Å². The highest BCUT2D eigenvalue weighted by molar-refractivity contribution is 7.92. The van der Waals surface area contributed by atoms with Crippen LogP contribution in [0.15, 0.2) is 102 Å². The number of hydrogen-bond donors (Lipinski definition) is 1. The molecule has 0 saturated heterocycles. The SMILES string of the molecule is Cc1ccc(S(=O)(=O)N(CC(=O)N(Cc2ccccc2C)[C@@H](Cc2ccccc2)C(=O)NCC(C)C)c2ccc(Cl)c(C(F)(F)F)c2)cc1. The molecule has 0 fully saturated rings. The number of nitrogens with one attached hydrogen (secondary N) is 1. The van der Waals surface area contributed by atoms with Gasteiger partial charge >= 0.3 is 6.18 Å². The zero-order valence-electron chi connectivity index (χ0n) is 27.7. The van der Waals surface area contributed by atoms with Crippen LogP contribution in [0.1, 0.15) is 41.7 Å². The summed E-state index contributed by atoms with van der Waals surface area (Å²) in [6.07, 6.45) is -4.80. The molecule has 0 bridgehead atoms. The van der Waals surface area contributed by atoms with Gasteiger partial charge in [0, 0.05) is 19.5 Å². The fourth-order valence-corrected chi connectivity index (χ4v) is 6.83. The number of alkyl halides is 3. The van der Waals surface area contributed by atoms with Crippen LogP contribution in [0.3, 0.4) is 0 Å². The Morgan fingerprint density at radius 1 is 0.878 bits per heavy atom. The zero-order valence-corrected chi connectivity index (χ0v) is 29.2. The average Bonchev–Trinajstić information content (AvgIpc) is 3.05. The number of carbonyl (C=O) groups excluding carboxylic acids is 2. The average molecular weight is 714 g/mol. The number of amides is 2. The molecule has 0 aliphatic heterocycles. The van der Waals surface area contributed by atoms with Crippen molar-refractivity contribution in [3.8, 4) is 0 Å². The molecule has 4 rings (SSSR count). The van der Waals surface area contributed by atoms with Crippen LogP contribution in [0, 0.1) is 19.8 Å². The molecular weight excluding hydrogens is 675 g/mol. The molecule has 0 heterocycles. The Labute approximate surface area is 290 Å². The van der Waals surface area contributed by atoms with E-state index in [1.165, 1.54) is 17.0 Å². The molecule has 0 saturated carbocycles. The van der Waals surface area contributed by atoms with Crippen LogP contribution in [-0.2, 0) is 38.8 Å². The highest BCUT2D eigenvalue weighted by Gasteiger charge is 2.37. The third-order valence-corrected chi connectivity index (χ3v) is 10.1. The second kappa shape index (κ2) is 15.9. The van der Waals surface area contributed by atoms with Crippen LogP contribution in [0.25, 0.3) is 0 Å². The molecule has 12 heteroatoms. The molecule has 2 amide bonds. The van der Waals surface area contributed by atoms with Gasteiger partial charge in [-0.05, 0) is 66.8 Å². The van der Waals surface area contributed by atoms with Crippen molar-refractivity contribution < 1.29 is 31.2 Å². The van der Waals surface area contributed by atoms with Gasteiger partial charge in [-0.3, -0.25) is 13.9 Å². The van der Waals surface area contributed by atoms with E-state index in [9.17, 15) is 31.2 Å². The maximum atomic E-state index is 14.6. The van der Waals surface area contributed by atoms with E-state index in [0.29, 0.717) is 22.5 Å². The van der Waals surface area contributed by atoms with Crippen molar-refractivity contribution in [3.05, 3.63) is 130 Å². The second-order valence-corrected chi connectivity index (χ2v) is 14.5. The molecule has 260 valence electrons. The van der Waals surface area contributed by atoms with Crippen molar-refractivity contribution in [2.75, 3.05) is 17.4 Å². The number of halogens is 4. The van der Waals surface area contributed by atoms with Gasteiger partial charge < -0.3 is 10.2 Å². The summed E-state index contributed by atoms with van der Waals surface area (Å²) in [5.74, 6) is -1.13. The van der Waals surface area contributed by atoms with E-state index in [0.717, 1.165) is 28.8 Å². The first-order valence-corrected chi connectivity index (χ1v) is 17.5. The van der Waals surface area contributed by atoms with Crippen molar-refractivity contribution in [2.45, 2.75) is 57.8 Å². The summed E-state index contributed by atoms with van der Waals surface area (Å²) >= 11 is 5.89. The Morgan fingerprint density at radius 3 is 2.12 bits per heavy atom. The molecule has 0 unspecified atom stereocenters. The Bertz CT molecular complexity index is 1870. The van der Waals surface area contributed by atoms with Gasteiger partial charge in [0.2, 0.25) is 11.8 Å². The van der Waals surface area contributed by atoms with Gasteiger partial charge in [0.1, 0.15) is 12.6 Å². The van der Waals surface area contributed by atoms with Crippen molar-refractivity contribution in [3.63, 3.8) is 0 Å². The van der Waals surface area contributed by atoms with Crippen LogP contribution in [0.4, 0.5) is 18.9 Å². The maximum Gasteiger partial charge on any atom is 0.417 e. The minimum atomic E-state index is -4.90. The van der Waals surface area contributed by atoms with Crippen LogP contribution in [-0.4, -0.2) is 44.3 Å². The fourth-order valence-electron chi connectivity index (χ4n) is 5.20. The molecule has 0 aromatic heterocycles.